The van der Waals surface area contributed by atoms with Gasteiger partial charge in [-0.05, 0) is 37.6 Å². The molecule has 3 aromatic rings. The van der Waals surface area contributed by atoms with Gasteiger partial charge < -0.3 is 20.5 Å². The number of halogens is 5. The fraction of sp³-hybridized carbons (Fsp3) is 0.364. The van der Waals surface area contributed by atoms with Crippen LogP contribution in [-0.2, 0) is 24.6 Å². The summed E-state index contributed by atoms with van der Waals surface area (Å²) in [6, 6.07) is 4.43. The number of aromatic nitrogens is 3. The second-order valence-corrected chi connectivity index (χ2v) is 7.83. The van der Waals surface area contributed by atoms with Gasteiger partial charge >= 0.3 is 6.18 Å². The van der Waals surface area contributed by atoms with Gasteiger partial charge in [-0.15, -0.1) is 0 Å². The predicted molar refractivity (Wildman–Crippen MR) is 118 cm³/mol. The lowest BCUT2D eigenvalue weighted by Crippen LogP contribution is -2.32. The molecule has 1 atom stereocenters. The van der Waals surface area contributed by atoms with Crippen molar-refractivity contribution in [2.75, 3.05) is 11.9 Å². The number of carbonyl (C=O) groups excluding carboxylic acids is 2. The maximum atomic E-state index is 13.7. The molecule has 0 fully saturated rings. The summed E-state index contributed by atoms with van der Waals surface area (Å²) in [5.41, 5.74) is -1.02. The third-order valence-electron chi connectivity index (χ3n) is 5.02. The van der Waals surface area contributed by atoms with E-state index in [0.29, 0.717) is 5.56 Å². The second-order valence-electron chi connectivity index (χ2n) is 7.83. The minimum absolute atomic E-state index is 0.0701. The van der Waals surface area contributed by atoms with Crippen LogP contribution in [-0.4, -0.2) is 50.5 Å². The van der Waals surface area contributed by atoms with Crippen LogP contribution in [0.15, 0.2) is 24.3 Å². The molecule has 0 spiro atoms. The van der Waals surface area contributed by atoms with Crippen LogP contribution in [0.4, 0.5) is 33.6 Å². The molecule has 0 saturated carbocycles. The number of nitrogens with one attached hydrogen (secondary N) is 2. The summed E-state index contributed by atoms with van der Waals surface area (Å²) in [6.45, 7) is 1.27. The number of anilines is 2. The smallest absolute Gasteiger partial charge is 0.418 e. The van der Waals surface area contributed by atoms with Crippen LogP contribution in [0.3, 0.4) is 0 Å². The number of Topliss-reactive ketones (excluding diaryl/α,β-unsaturated/α-hetero) is 1. The summed E-state index contributed by atoms with van der Waals surface area (Å²) in [7, 11) is 1.43. The Morgan fingerprint density at radius 2 is 1.89 bits per heavy atom. The van der Waals surface area contributed by atoms with E-state index in [1.54, 1.807) is 0 Å². The van der Waals surface area contributed by atoms with Crippen molar-refractivity contribution in [3.63, 3.8) is 0 Å². The van der Waals surface area contributed by atoms with E-state index in [4.69, 9.17) is 4.74 Å². The molecule has 0 radical (unpaired) electrons. The van der Waals surface area contributed by atoms with Crippen LogP contribution in [0, 0.1) is 0 Å². The molecule has 1 amide bonds. The van der Waals surface area contributed by atoms with Gasteiger partial charge in [-0.1, -0.05) is 6.07 Å². The highest BCUT2D eigenvalue weighted by Gasteiger charge is 2.34. The molecule has 2 heterocycles. The van der Waals surface area contributed by atoms with Crippen molar-refractivity contribution in [3.05, 3.63) is 41.0 Å². The molecule has 0 saturated heterocycles. The molecule has 3 rings (SSSR count). The van der Waals surface area contributed by atoms with Gasteiger partial charge in [0.2, 0.25) is 17.7 Å². The van der Waals surface area contributed by atoms with E-state index < -0.39 is 42.6 Å². The number of fused-ring (bicyclic) bond motifs is 1. The molecule has 0 bridgehead atoms. The Balaban J connectivity index is 2.02. The fourth-order valence-electron chi connectivity index (χ4n) is 3.22. The first-order valence-corrected chi connectivity index (χ1v) is 10.5. The Hall–Kier alpha value is -3.81. The summed E-state index contributed by atoms with van der Waals surface area (Å²) in [5, 5.41) is 14.3. The Kier molecular flexibility index (Phi) is 7.77. The zero-order chi connectivity index (χ0) is 26.8. The number of hydrogen-bond acceptors (Lipinski definition) is 7. The highest BCUT2D eigenvalue weighted by Crippen LogP contribution is 2.37. The number of aliphatic hydroxyl groups is 1. The minimum Gasteiger partial charge on any atom is -0.471 e. The van der Waals surface area contributed by atoms with Gasteiger partial charge in [0.25, 0.3) is 6.43 Å². The molecule has 1 unspecified atom stereocenters. The number of rotatable bonds is 9. The monoisotopic (exact) mass is 515 g/mol. The van der Waals surface area contributed by atoms with Gasteiger partial charge in [0, 0.05) is 13.6 Å². The van der Waals surface area contributed by atoms with Crippen molar-refractivity contribution in [1.29, 1.82) is 0 Å². The van der Waals surface area contributed by atoms with E-state index in [1.807, 2.05) is 0 Å². The number of carbonyl (C=O) groups is 2. The maximum absolute atomic E-state index is 13.7. The molecule has 14 heteroatoms. The summed E-state index contributed by atoms with van der Waals surface area (Å²) >= 11 is 0. The van der Waals surface area contributed by atoms with Crippen molar-refractivity contribution >= 4 is 34.5 Å². The maximum Gasteiger partial charge on any atom is 0.418 e. The van der Waals surface area contributed by atoms with Gasteiger partial charge in [0.05, 0.1) is 16.8 Å². The van der Waals surface area contributed by atoms with E-state index >= 15 is 0 Å². The molecule has 36 heavy (non-hydrogen) atoms. The standard InChI is InChI=1S/C22H22F5N5O4/c1-10(33)13-7-16-18(31-20(13)36-9-17(23)24)32(3)21(30-16)29-15-6-12(8-28-19(35)11(2)34)4-5-14(15)22(25,26)27/h4-7,11,17,34H,8-9H2,1-3H3,(H,28,35)(H,29,30). The van der Waals surface area contributed by atoms with Crippen LogP contribution >= 0.6 is 0 Å². The first kappa shape index (κ1) is 26.8. The zero-order valence-corrected chi connectivity index (χ0v) is 19.3. The summed E-state index contributed by atoms with van der Waals surface area (Å²) in [6.07, 6.45) is -8.84. The number of aryl methyl sites for hydroxylation is 1. The van der Waals surface area contributed by atoms with Crippen LogP contribution in [0.25, 0.3) is 11.2 Å². The SMILES string of the molecule is CC(=O)c1cc2nc(Nc3cc(CNC(=O)C(C)O)ccc3C(F)(F)F)n(C)c2nc1OCC(F)F. The normalized spacial score (nSPS) is 12.6. The molecule has 9 nitrogen and oxygen atoms in total. The van der Waals surface area contributed by atoms with Gasteiger partial charge in [-0.2, -0.15) is 18.2 Å². The van der Waals surface area contributed by atoms with Gasteiger partial charge in [0.15, 0.2) is 18.0 Å². The number of pyridine rings is 1. The van der Waals surface area contributed by atoms with E-state index in [9.17, 15) is 36.6 Å². The van der Waals surface area contributed by atoms with Crippen molar-refractivity contribution in [2.24, 2.45) is 7.05 Å². The van der Waals surface area contributed by atoms with Crippen LogP contribution in [0.1, 0.15) is 35.3 Å². The lowest BCUT2D eigenvalue weighted by atomic mass is 10.1. The molecule has 0 aliphatic heterocycles. The molecule has 194 valence electrons. The Bertz CT molecular complexity index is 1290. The van der Waals surface area contributed by atoms with Gasteiger partial charge in [-0.25, -0.2) is 13.8 Å². The average Bonchev–Trinajstić information content (AvgIpc) is 3.08. The number of amides is 1. The number of ether oxygens (including phenoxy) is 1. The quantitative estimate of drug-likeness (QED) is 0.295. The Labute approximate surface area is 201 Å². The van der Waals surface area contributed by atoms with Crippen LogP contribution in [0.2, 0.25) is 0 Å². The second kappa shape index (κ2) is 10.4. The van der Waals surface area contributed by atoms with Crippen molar-refractivity contribution in [1.82, 2.24) is 19.9 Å². The molecule has 0 aliphatic rings. The fourth-order valence-corrected chi connectivity index (χ4v) is 3.22. The van der Waals surface area contributed by atoms with Crippen molar-refractivity contribution in [3.8, 4) is 5.88 Å². The number of ketones is 1. The van der Waals surface area contributed by atoms with E-state index in [0.717, 1.165) is 12.1 Å². The number of hydrogen-bond donors (Lipinski definition) is 3. The van der Waals surface area contributed by atoms with Crippen LogP contribution in [0.5, 0.6) is 5.88 Å². The third-order valence-corrected chi connectivity index (χ3v) is 5.02. The summed E-state index contributed by atoms with van der Waals surface area (Å²) < 4.78 is 72.4. The molecule has 0 aliphatic carbocycles. The largest absolute Gasteiger partial charge is 0.471 e. The Morgan fingerprint density at radius 3 is 2.47 bits per heavy atom. The molecular formula is C22H22F5N5O4. The number of nitrogens with zero attached hydrogens (tertiary/aromatic N) is 3. The third kappa shape index (κ3) is 6.05. The molecule has 3 N–H and O–H groups in total. The minimum atomic E-state index is -4.73. The molecule has 2 aromatic heterocycles. The lowest BCUT2D eigenvalue weighted by Gasteiger charge is -2.16. The topological polar surface area (TPSA) is 118 Å². The Morgan fingerprint density at radius 1 is 1.19 bits per heavy atom. The first-order chi connectivity index (χ1) is 16.8. The van der Waals surface area contributed by atoms with Crippen LogP contribution < -0.4 is 15.4 Å². The first-order valence-electron chi connectivity index (χ1n) is 10.5. The number of alkyl halides is 5. The number of imidazole rings is 1. The van der Waals surface area contributed by atoms with E-state index in [-0.39, 0.29) is 40.8 Å². The average molecular weight is 515 g/mol. The van der Waals surface area contributed by atoms with Crippen molar-refractivity contribution < 1.29 is 41.4 Å². The highest BCUT2D eigenvalue weighted by molar-refractivity contribution is 5.99. The molecular weight excluding hydrogens is 493 g/mol. The predicted octanol–water partition coefficient (Wildman–Crippen LogP) is 3.57. The lowest BCUT2D eigenvalue weighted by molar-refractivity contribution is -0.137. The summed E-state index contributed by atoms with van der Waals surface area (Å²) in [4.78, 5) is 31.8. The van der Waals surface area contributed by atoms with Gasteiger partial charge in [-0.3, -0.25) is 14.2 Å². The number of benzene rings is 1. The van der Waals surface area contributed by atoms with E-state index in [2.05, 4.69) is 20.6 Å². The number of aliphatic hydroxyl groups excluding tert-OH is 1. The molecule has 1 aromatic carbocycles. The van der Waals surface area contributed by atoms with Gasteiger partial charge in [0.1, 0.15) is 11.6 Å². The van der Waals surface area contributed by atoms with E-state index in [1.165, 1.54) is 37.6 Å². The summed E-state index contributed by atoms with van der Waals surface area (Å²) in [5.74, 6) is -1.66. The zero-order valence-electron chi connectivity index (χ0n) is 19.3. The highest BCUT2D eigenvalue weighted by atomic mass is 19.4. The van der Waals surface area contributed by atoms with Crippen molar-refractivity contribution in [2.45, 2.75) is 39.1 Å².